The van der Waals surface area contributed by atoms with Gasteiger partial charge in [-0.25, -0.2) is 9.78 Å². The zero-order valence-corrected chi connectivity index (χ0v) is 11.8. The number of ether oxygens (including phenoxy) is 3. The summed E-state index contributed by atoms with van der Waals surface area (Å²) in [5, 5.41) is 0. The lowest BCUT2D eigenvalue weighted by molar-refractivity contribution is 0.0182. The highest BCUT2D eigenvalue weighted by Gasteiger charge is 2.22. The molecule has 0 aliphatic carbocycles. The number of rotatable bonds is 7. The maximum absolute atomic E-state index is 11.6. The number of hydrogen-bond acceptors (Lipinski definition) is 6. The first-order valence-electron chi connectivity index (χ1n) is 6.03. The molecular weight excluding hydrogens is 250 g/mol. The fourth-order valence-corrected chi connectivity index (χ4v) is 1.82. The van der Waals surface area contributed by atoms with Gasteiger partial charge in [0, 0.05) is 20.6 Å². The summed E-state index contributed by atoms with van der Waals surface area (Å²) in [5.74, 6) is 0.476. The number of aromatic nitrogens is 2. The van der Waals surface area contributed by atoms with Crippen molar-refractivity contribution in [2.24, 2.45) is 0 Å². The number of nitrogens with two attached hydrogens (primary N) is 1. The van der Waals surface area contributed by atoms with Crippen LogP contribution in [0, 0.1) is 0 Å². The Labute approximate surface area is 112 Å². The van der Waals surface area contributed by atoms with Crippen LogP contribution in [0.3, 0.4) is 0 Å². The van der Waals surface area contributed by atoms with Crippen LogP contribution in [-0.4, -0.2) is 49.6 Å². The van der Waals surface area contributed by atoms with Crippen LogP contribution in [0.15, 0.2) is 0 Å². The fraction of sp³-hybridized carbons (Fsp3) is 0.667. The molecular formula is C12H21N3O4. The Morgan fingerprint density at radius 2 is 2.11 bits per heavy atom. The summed E-state index contributed by atoms with van der Waals surface area (Å²) < 4.78 is 16.8. The van der Waals surface area contributed by atoms with Gasteiger partial charge in [-0.3, -0.25) is 0 Å². The van der Waals surface area contributed by atoms with E-state index in [1.165, 1.54) is 7.11 Å². The van der Waals surface area contributed by atoms with Gasteiger partial charge in [-0.05, 0) is 0 Å². The summed E-state index contributed by atoms with van der Waals surface area (Å²) in [6.07, 6.45) is 0.502. The van der Waals surface area contributed by atoms with Crippen molar-refractivity contribution in [3.05, 3.63) is 11.5 Å². The number of imidazole rings is 1. The van der Waals surface area contributed by atoms with Crippen molar-refractivity contribution in [1.82, 2.24) is 9.55 Å². The van der Waals surface area contributed by atoms with Gasteiger partial charge in [-0.1, -0.05) is 6.92 Å². The van der Waals surface area contributed by atoms with E-state index in [1.54, 1.807) is 18.8 Å². The molecule has 0 radical (unpaired) electrons. The van der Waals surface area contributed by atoms with Crippen LogP contribution in [0.5, 0.6) is 0 Å². The predicted octanol–water partition coefficient (Wildman–Crippen LogP) is 0.476. The highest BCUT2D eigenvalue weighted by atomic mass is 16.5. The molecule has 0 amide bonds. The first-order chi connectivity index (χ1) is 9.08. The normalized spacial score (nSPS) is 12.4. The van der Waals surface area contributed by atoms with Crippen molar-refractivity contribution in [1.29, 1.82) is 0 Å². The monoisotopic (exact) mass is 271 g/mol. The van der Waals surface area contributed by atoms with Crippen molar-refractivity contribution in [2.75, 3.05) is 33.7 Å². The minimum Gasteiger partial charge on any atom is -0.464 e. The zero-order valence-electron chi connectivity index (χ0n) is 11.8. The summed E-state index contributed by atoms with van der Waals surface area (Å²) in [4.78, 5) is 15.8. The van der Waals surface area contributed by atoms with Crippen molar-refractivity contribution in [3.8, 4) is 0 Å². The SMILES string of the molecule is CCc1nc(C(=O)OC)c(N)n1CC(COC)OC. The molecule has 7 nitrogen and oxygen atoms in total. The number of aryl methyl sites for hydroxylation is 1. The van der Waals surface area contributed by atoms with Gasteiger partial charge in [0.1, 0.15) is 11.6 Å². The van der Waals surface area contributed by atoms with Crippen LogP contribution in [0.1, 0.15) is 23.2 Å². The molecule has 7 heteroatoms. The van der Waals surface area contributed by atoms with E-state index in [2.05, 4.69) is 9.72 Å². The number of anilines is 1. The number of carbonyl (C=O) groups is 1. The second kappa shape index (κ2) is 7.10. The van der Waals surface area contributed by atoms with Crippen LogP contribution in [0.25, 0.3) is 0 Å². The summed E-state index contributed by atoms with van der Waals surface area (Å²) in [6, 6.07) is 0. The molecule has 1 atom stereocenters. The molecule has 1 rings (SSSR count). The van der Waals surface area contributed by atoms with E-state index in [1.807, 2.05) is 6.92 Å². The molecule has 0 aliphatic heterocycles. The number of methoxy groups -OCH3 is 3. The summed E-state index contributed by atoms with van der Waals surface area (Å²) in [7, 11) is 4.50. The van der Waals surface area contributed by atoms with E-state index in [0.717, 1.165) is 5.82 Å². The van der Waals surface area contributed by atoms with Crippen LogP contribution < -0.4 is 5.73 Å². The van der Waals surface area contributed by atoms with E-state index < -0.39 is 5.97 Å². The highest BCUT2D eigenvalue weighted by molar-refractivity contribution is 5.92. The molecule has 0 aliphatic rings. The Morgan fingerprint density at radius 1 is 1.42 bits per heavy atom. The minimum atomic E-state index is -0.536. The molecule has 1 unspecified atom stereocenters. The average molecular weight is 271 g/mol. The van der Waals surface area contributed by atoms with Gasteiger partial charge in [-0.2, -0.15) is 0 Å². The summed E-state index contributed by atoms with van der Waals surface area (Å²) in [5.41, 5.74) is 6.10. The Bertz CT molecular complexity index is 431. The van der Waals surface area contributed by atoms with Gasteiger partial charge in [0.25, 0.3) is 0 Å². The third-order valence-corrected chi connectivity index (χ3v) is 2.85. The molecule has 108 valence electrons. The van der Waals surface area contributed by atoms with Crippen molar-refractivity contribution in [3.63, 3.8) is 0 Å². The molecule has 1 aromatic heterocycles. The minimum absolute atomic E-state index is 0.145. The van der Waals surface area contributed by atoms with Gasteiger partial charge in [0.2, 0.25) is 0 Å². The lowest BCUT2D eigenvalue weighted by Crippen LogP contribution is -2.25. The van der Waals surface area contributed by atoms with Crippen molar-refractivity contribution in [2.45, 2.75) is 26.0 Å². The number of nitrogen functional groups attached to an aromatic ring is 1. The number of hydrogen-bond donors (Lipinski definition) is 1. The Balaban J connectivity index is 3.04. The molecule has 0 bridgehead atoms. The lowest BCUT2D eigenvalue weighted by Gasteiger charge is -2.17. The van der Waals surface area contributed by atoms with E-state index in [-0.39, 0.29) is 11.8 Å². The largest absolute Gasteiger partial charge is 0.464 e. The first kappa shape index (κ1) is 15.5. The molecule has 0 fully saturated rings. The molecule has 2 N–H and O–H groups in total. The molecule has 1 aromatic rings. The van der Waals surface area contributed by atoms with Gasteiger partial charge < -0.3 is 24.5 Å². The standard InChI is InChI=1S/C12H21N3O4/c1-5-9-14-10(12(16)19-4)11(13)15(9)6-8(18-3)7-17-2/h8H,5-7,13H2,1-4H3. The van der Waals surface area contributed by atoms with Crippen molar-refractivity contribution < 1.29 is 19.0 Å². The molecule has 1 heterocycles. The maximum Gasteiger partial charge on any atom is 0.360 e. The van der Waals surface area contributed by atoms with Crippen molar-refractivity contribution >= 4 is 11.8 Å². The average Bonchev–Trinajstić information content (AvgIpc) is 2.74. The van der Waals surface area contributed by atoms with Crippen LogP contribution >= 0.6 is 0 Å². The Morgan fingerprint density at radius 3 is 2.58 bits per heavy atom. The second-order valence-corrected chi connectivity index (χ2v) is 4.03. The molecule has 0 aromatic carbocycles. The third kappa shape index (κ3) is 3.45. The van der Waals surface area contributed by atoms with Crippen LogP contribution in [0.2, 0.25) is 0 Å². The Hall–Kier alpha value is -1.60. The van der Waals surface area contributed by atoms with Crippen LogP contribution in [0.4, 0.5) is 5.82 Å². The number of nitrogens with zero attached hydrogens (tertiary/aromatic N) is 2. The fourth-order valence-electron chi connectivity index (χ4n) is 1.82. The zero-order chi connectivity index (χ0) is 14.4. The first-order valence-corrected chi connectivity index (χ1v) is 6.03. The van der Waals surface area contributed by atoms with Gasteiger partial charge in [-0.15, -0.1) is 0 Å². The van der Waals surface area contributed by atoms with E-state index in [9.17, 15) is 4.79 Å². The second-order valence-electron chi connectivity index (χ2n) is 4.03. The van der Waals surface area contributed by atoms with E-state index >= 15 is 0 Å². The number of esters is 1. The lowest BCUT2D eigenvalue weighted by atomic mass is 10.3. The van der Waals surface area contributed by atoms with Gasteiger partial charge in [0.05, 0.1) is 26.4 Å². The number of carbonyl (C=O) groups excluding carboxylic acids is 1. The quantitative estimate of drug-likeness (QED) is 0.725. The Kier molecular flexibility index (Phi) is 5.78. The highest BCUT2D eigenvalue weighted by Crippen LogP contribution is 2.17. The van der Waals surface area contributed by atoms with E-state index in [4.69, 9.17) is 15.2 Å². The molecule has 0 saturated heterocycles. The summed E-state index contributed by atoms with van der Waals surface area (Å²) in [6.45, 7) is 2.85. The molecule has 0 saturated carbocycles. The topological polar surface area (TPSA) is 88.6 Å². The van der Waals surface area contributed by atoms with Gasteiger partial charge in [0.15, 0.2) is 5.69 Å². The predicted molar refractivity (Wildman–Crippen MR) is 70.0 cm³/mol. The molecule has 0 spiro atoms. The van der Waals surface area contributed by atoms with Gasteiger partial charge >= 0.3 is 5.97 Å². The molecule has 19 heavy (non-hydrogen) atoms. The third-order valence-electron chi connectivity index (χ3n) is 2.85. The van der Waals surface area contributed by atoms with Crippen LogP contribution in [-0.2, 0) is 27.2 Å². The summed E-state index contributed by atoms with van der Waals surface area (Å²) >= 11 is 0. The maximum atomic E-state index is 11.6. The van der Waals surface area contributed by atoms with E-state index in [0.29, 0.717) is 25.4 Å². The smallest absolute Gasteiger partial charge is 0.360 e.